The number of thiol groups is 2. The molecule has 0 bridgehead atoms. The van der Waals surface area contributed by atoms with E-state index < -0.39 is 84.8 Å². The smallest absolute Gasteiger partial charge is 0.322 e. The van der Waals surface area contributed by atoms with Gasteiger partial charge < -0.3 is 53.2 Å². The topological polar surface area (TPSA) is 318 Å². The number of carboxylic acids is 4. The standard InChI is InChI=1S/2C10H17N3O6S/c11-5(10(18)19)1-2-7(14)13-6(4-20)9(17)12-3-8(15)16;11-5(1-2-7(14)15)9(18)13-6(4-20)10(19)12-3-8(16)17/h5-6,20H,1-4,11H2,(H,12,17)(H,13,14)(H,15,16)(H,18,19);5-6,20H,1-4,11H2,(H,12,19)(H,13,18)(H,14,15)(H,16,17)/t;5-,6-/m.0/s1. The Hall–Kier alpha value is -3.62. The quantitative estimate of drug-likeness (QED) is 0.0649. The number of hydrogen-bond donors (Lipinski definition) is 12. The number of amides is 4. The summed E-state index contributed by atoms with van der Waals surface area (Å²) in [6.45, 7) is -1.15. The van der Waals surface area contributed by atoms with Gasteiger partial charge in [-0.2, -0.15) is 25.3 Å². The number of carboxylic acid groups (broad SMARTS) is 4. The van der Waals surface area contributed by atoms with Crippen LogP contribution >= 0.6 is 25.3 Å². The molecule has 12 N–H and O–H groups in total. The van der Waals surface area contributed by atoms with Gasteiger partial charge in [-0.3, -0.25) is 38.4 Å². The molecule has 0 aliphatic heterocycles. The molecule has 0 aromatic heterocycles. The van der Waals surface area contributed by atoms with Gasteiger partial charge in [0.1, 0.15) is 31.2 Å². The van der Waals surface area contributed by atoms with E-state index in [1.807, 2.05) is 0 Å². The van der Waals surface area contributed by atoms with Crippen LogP contribution in [0, 0.1) is 0 Å². The van der Waals surface area contributed by atoms with E-state index in [0.29, 0.717) is 0 Å². The second-order valence-electron chi connectivity index (χ2n) is 7.79. The normalized spacial score (nSPS) is 13.1. The molecule has 0 aromatic rings. The Morgan fingerprint density at radius 3 is 1.40 bits per heavy atom. The van der Waals surface area contributed by atoms with Gasteiger partial charge in [0.15, 0.2) is 0 Å². The van der Waals surface area contributed by atoms with Crippen LogP contribution in [0.2, 0.25) is 0 Å². The molecule has 0 aromatic carbocycles. The first-order valence-electron chi connectivity index (χ1n) is 11.3. The predicted octanol–water partition coefficient (Wildman–Crippen LogP) is -4.41. The minimum atomic E-state index is -1.22. The third kappa shape index (κ3) is 19.4. The summed E-state index contributed by atoms with van der Waals surface area (Å²) >= 11 is 7.74. The summed E-state index contributed by atoms with van der Waals surface area (Å²) in [5.41, 5.74) is 10.7. The Balaban J connectivity index is 0. The maximum atomic E-state index is 11.6. The van der Waals surface area contributed by atoms with E-state index in [4.69, 9.17) is 31.9 Å². The fourth-order valence-electron chi connectivity index (χ4n) is 2.33. The molecule has 0 fully saturated rings. The number of nitrogens with one attached hydrogen (secondary N) is 4. The first-order valence-corrected chi connectivity index (χ1v) is 12.6. The second-order valence-corrected chi connectivity index (χ2v) is 8.52. The molecule has 0 aliphatic carbocycles. The lowest BCUT2D eigenvalue weighted by atomic mass is 10.1. The van der Waals surface area contributed by atoms with Crippen molar-refractivity contribution in [1.29, 1.82) is 0 Å². The average molecular weight is 615 g/mol. The van der Waals surface area contributed by atoms with Crippen LogP contribution in [0.1, 0.15) is 25.7 Å². The Morgan fingerprint density at radius 1 is 0.600 bits per heavy atom. The second kappa shape index (κ2) is 21.2. The highest BCUT2D eigenvalue weighted by atomic mass is 32.1. The Bertz CT molecular complexity index is 922. The van der Waals surface area contributed by atoms with E-state index in [0.717, 1.165) is 0 Å². The van der Waals surface area contributed by atoms with Crippen LogP contribution in [0.25, 0.3) is 0 Å². The van der Waals surface area contributed by atoms with Gasteiger partial charge in [0.05, 0.1) is 6.04 Å². The number of rotatable bonds is 18. The van der Waals surface area contributed by atoms with Crippen molar-refractivity contribution in [3.05, 3.63) is 0 Å². The average Bonchev–Trinajstić information content (AvgIpc) is 2.88. The van der Waals surface area contributed by atoms with Crippen LogP contribution in [0.3, 0.4) is 0 Å². The highest BCUT2D eigenvalue weighted by Crippen LogP contribution is 1.98. The largest absolute Gasteiger partial charge is 0.481 e. The lowest BCUT2D eigenvalue weighted by Crippen LogP contribution is -2.53. The van der Waals surface area contributed by atoms with Crippen molar-refractivity contribution in [2.24, 2.45) is 11.5 Å². The minimum Gasteiger partial charge on any atom is -0.481 e. The summed E-state index contributed by atoms with van der Waals surface area (Å²) in [6, 6.07) is -4.26. The molecule has 40 heavy (non-hydrogen) atoms. The Labute approximate surface area is 238 Å². The van der Waals surface area contributed by atoms with Crippen molar-refractivity contribution in [2.45, 2.75) is 49.9 Å². The third-order valence-corrected chi connectivity index (χ3v) is 5.21. The summed E-state index contributed by atoms with van der Waals surface area (Å²) in [4.78, 5) is 87.5. The van der Waals surface area contributed by atoms with Gasteiger partial charge in [-0.15, -0.1) is 0 Å². The maximum Gasteiger partial charge on any atom is 0.322 e. The molecule has 18 nitrogen and oxygen atoms in total. The molecule has 0 saturated heterocycles. The van der Waals surface area contributed by atoms with Crippen LogP contribution in [0.4, 0.5) is 0 Å². The van der Waals surface area contributed by atoms with Crippen LogP contribution in [-0.2, 0) is 38.4 Å². The number of hydrogen-bond acceptors (Lipinski definition) is 12. The van der Waals surface area contributed by atoms with Crippen molar-refractivity contribution >= 4 is 72.8 Å². The van der Waals surface area contributed by atoms with E-state index in [1.165, 1.54) is 0 Å². The summed E-state index contributed by atoms with van der Waals surface area (Å²) < 4.78 is 0. The van der Waals surface area contributed by atoms with Crippen molar-refractivity contribution in [1.82, 2.24) is 21.3 Å². The summed E-state index contributed by atoms with van der Waals surface area (Å²) in [5.74, 6) is -7.47. The van der Waals surface area contributed by atoms with E-state index >= 15 is 0 Å². The molecular weight excluding hydrogens is 580 g/mol. The SMILES string of the molecule is NC(CCC(=O)NC(CS)C(=O)NCC(=O)O)C(=O)O.N[C@@H](CCC(=O)O)C(=O)N[C@@H](CS)C(=O)NCC(=O)O. The van der Waals surface area contributed by atoms with Gasteiger partial charge in [0.25, 0.3) is 0 Å². The zero-order valence-electron chi connectivity index (χ0n) is 21.1. The van der Waals surface area contributed by atoms with Crippen molar-refractivity contribution in [2.75, 3.05) is 24.6 Å². The van der Waals surface area contributed by atoms with E-state index in [-0.39, 0.29) is 37.2 Å². The van der Waals surface area contributed by atoms with Gasteiger partial charge >= 0.3 is 23.9 Å². The predicted molar refractivity (Wildman–Crippen MR) is 143 cm³/mol. The first kappa shape index (κ1) is 38.5. The molecular formula is C20H34N6O12S2. The van der Waals surface area contributed by atoms with Crippen LogP contribution in [0.5, 0.6) is 0 Å². The molecule has 4 atom stereocenters. The molecule has 4 amide bonds. The highest BCUT2D eigenvalue weighted by Gasteiger charge is 2.23. The Kier molecular flexibility index (Phi) is 20.5. The molecule has 2 unspecified atom stereocenters. The number of carbonyl (C=O) groups is 8. The van der Waals surface area contributed by atoms with Gasteiger partial charge in [-0.25, -0.2) is 0 Å². The first-order chi connectivity index (χ1) is 18.5. The number of aliphatic carboxylic acids is 4. The molecule has 0 rings (SSSR count). The van der Waals surface area contributed by atoms with Crippen LogP contribution < -0.4 is 32.7 Å². The lowest BCUT2D eigenvalue weighted by Gasteiger charge is -2.18. The van der Waals surface area contributed by atoms with Crippen molar-refractivity contribution in [3.63, 3.8) is 0 Å². The zero-order chi connectivity index (χ0) is 31.4. The molecule has 0 saturated carbocycles. The Morgan fingerprint density at radius 2 is 1.02 bits per heavy atom. The van der Waals surface area contributed by atoms with Gasteiger partial charge in [-0.1, -0.05) is 0 Å². The van der Waals surface area contributed by atoms with Crippen LogP contribution in [-0.4, -0.2) is 117 Å². The van der Waals surface area contributed by atoms with Crippen molar-refractivity contribution in [3.8, 4) is 0 Å². The van der Waals surface area contributed by atoms with Crippen LogP contribution in [0.15, 0.2) is 0 Å². The molecule has 0 radical (unpaired) electrons. The molecule has 228 valence electrons. The van der Waals surface area contributed by atoms with Gasteiger partial charge in [-0.05, 0) is 12.8 Å². The lowest BCUT2D eigenvalue weighted by molar-refractivity contribution is -0.139. The highest BCUT2D eigenvalue weighted by molar-refractivity contribution is 7.80. The summed E-state index contributed by atoms with van der Waals surface area (Å²) in [5, 5.41) is 42.6. The molecule has 0 heterocycles. The van der Waals surface area contributed by atoms with E-state index in [1.54, 1.807) is 0 Å². The number of carbonyl (C=O) groups excluding carboxylic acids is 4. The monoisotopic (exact) mass is 614 g/mol. The van der Waals surface area contributed by atoms with E-state index in [2.05, 4.69) is 46.5 Å². The minimum absolute atomic E-state index is 0.0256. The van der Waals surface area contributed by atoms with E-state index in [9.17, 15) is 38.4 Å². The maximum absolute atomic E-state index is 11.6. The molecule has 20 heteroatoms. The third-order valence-electron chi connectivity index (χ3n) is 4.48. The molecule has 0 aliphatic rings. The fourth-order valence-corrected chi connectivity index (χ4v) is 2.84. The zero-order valence-corrected chi connectivity index (χ0v) is 22.9. The summed E-state index contributed by atoms with van der Waals surface area (Å²) in [7, 11) is 0. The van der Waals surface area contributed by atoms with Gasteiger partial charge in [0, 0.05) is 24.3 Å². The molecule has 0 spiro atoms. The summed E-state index contributed by atoms with van der Waals surface area (Å²) in [6.07, 6.45) is -0.580. The fraction of sp³-hybridized carbons (Fsp3) is 0.600. The number of nitrogens with two attached hydrogens (primary N) is 2. The van der Waals surface area contributed by atoms with Crippen molar-refractivity contribution < 1.29 is 58.8 Å². The van der Waals surface area contributed by atoms with Gasteiger partial charge in [0.2, 0.25) is 23.6 Å².